The number of amides is 3. The van der Waals surface area contributed by atoms with E-state index in [1.54, 1.807) is 24.3 Å². The molecule has 2 aliphatic heterocycles. The number of nitrogens with zero attached hydrogens (tertiary/aromatic N) is 2. The molecule has 2 heterocycles. The zero-order valence-electron chi connectivity index (χ0n) is 17.5. The van der Waals surface area contributed by atoms with Gasteiger partial charge in [0.15, 0.2) is 0 Å². The maximum Gasteiger partial charge on any atom is 0.282 e. The van der Waals surface area contributed by atoms with Gasteiger partial charge in [-0.2, -0.15) is 0 Å². The van der Waals surface area contributed by atoms with E-state index >= 15 is 0 Å². The monoisotopic (exact) mass is 421 g/mol. The average molecular weight is 421 g/mol. The predicted octanol–water partition coefficient (Wildman–Crippen LogP) is 3.80. The molecule has 1 fully saturated rings. The van der Waals surface area contributed by atoms with Gasteiger partial charge in [0, 0.05) is 25.7 Å². The zero-order chi connectivity index (χ0) is 22.1. The maximum atomic E-state index is 13.5. The van der Waals surface area contributed by atoms with Crippen LogP contribution in [-0.4, -0.2) is 35.7 Å². The Kier molecular flexibility index (Phi) is 5.59. The van der Waals surface area contributed by atoms with E-state index in [1.165, 1.54) is 31.2 Å². The first kappa shape index (κ1) is 20.8. The van der Waals surface area contributed by atoms with Crippen LogP contribution in [0.2, 0.25) is 0 Å². The number of carbonyl (C=O) groups is 3. The Hall–Kier alpha value is -3.48. The van der Waals surface area contributed by atoms with E-state index in [1.807, 2.05) is 4.90 Å². The average Bonchev–Trinajstić information content (AvgIpc) is 2.99. The molecular weight excluding hydrogens is 397 g/mol. The number of carbonyl (C=O) groups excluding carboxylic acids is 3. The van der Waals surface area contributed by atoms with Crippen LogP contribution in [0.15, 0.2) is 54.2 Å². The molecule has 4 rings (SSSR count). The first-order chi connectivity index (χ1) is 14.8. The van der Waals surface area contributed by atoms with Crippen molar-refractivity contribution in [2.24, 2.45) is 5.92 Å². The van der Waals surface area contributed by atoms with Crippen LogP contribution in [0.4, 0.5) is 15.8 Å². The smallest absolute Gasteiger partial charge is 0.282 e. The highest BCUT2D eigenvalue weighted by atomic mass is 19.1. The second-order valence-electron chi connectivity index (χ2n) is 8.10. The van der Waals surface area contributed by atoms with Gasteiger partial charge in [-0.25, -0.2) is 9.29 Å². The van der Waals surface area contributed by atoms with Crippen molar-refractivity contribution in [3.63, 3.8) is 0 Å². The van der Waals surface area contributed by atoms with E-state index in [-0.39, 0.29) is 5.91 Å². The molecule has 1 atom stereocenters. The molecule has 0 spiro atoms. The lowest BCUT2D eigenvalue weighted by Crippen LogP contribution is -2.39. The van der Waals surface area contributed by atoms with Gasteiger partial charge in [0.25, 0.3) is 11.8 Å². The van der Waals surface area contributed by atoms with Gasteiger partial charge in [-0.1, -0.05) is 19.1 Å². The van der Waals surface area contributed by atoms with E-state index in [9.17, 15) is 18.8 Å². The third-order valence-corrected chi connectivity index (χ3v) is 5.61. The molecule has 2 aliphatic rings. The Balaban J connectivity index is 1.77. The van der Waals surface area contributed by atoms with E-state index in [4.69, 9.17) is 0 Å². The summed E-state index contributed by atoms with van der Waals surface area (Å²) >= 11 is 0. The number of nitrogens with one attached hydrogen (secondary N) is 1. The predicted molar refractivity (Wildman–Crippen MR) is 117 cm³/mol. The molecule has 3 amide bonds. The van der Waals surface area contributed by atoms with Gasteiger partial charge >= 0.3 is 0 Å². The molecule has 7 heteroatoms. The summed E-state index contributed by atoms with van der Waals surface area (Å²) in [4.78, 5) is 41.3. The summed E-state index contributed by atoms with van der Waals surface area (Å²) in [6, 6.07) is 12.2. The summed E-state index contributed by atoms with van der Waals surface area (Å²) in [5.41, 5.74) is 2.26. The van der Waals surface area contributed by atoms with Crippen molar-refractivity contribution in [3.8, 4) is 0 Å². The molecular formula is C24H24FN3O3. The molecule has 160 valence electrons. The zero-order valence-corrected chi connectivity index (χ0v) is 17.5. The number of hydrogen-bond donors (Lipinski definition) is 1. The normalized spacial score (nSPS) is 19.3. The number of likely N-dealkylation sites (tertiary alicyclic amines) is 1. The molecule has 0 bridgehead atoms. The fourth-order valence-corrected chi connectivity index (χ4v) is 4.21. The Bertz CT molecular complexity index is 1060. The van der Waals surface area contributed by atoms with Crippen molar-refractivity contribution in [3.05, 3.63) is 65.6 Å². The third kappa shape index (κ3) is 4.08. The van der Waals surface area contributed by atoms with Crippen molar-refractivity contribution in [2.75, 3.05) is 23.3 Å². The van der Waals surface area contributed by atoms with Crippen LogP contribution in [0.3, 0.4) is 0 Å². The molecule has 1 N–H and O–H groups in total. The number of halogens is 1. The second kappa shape index (κ2) is 8.34. The number of benzene rings is 2. The lowest BCUT2D eigenvalue weighted by atomic mass is 9.97. The highest BCUT2D eigenvalue weighted by Crippen LogP contribution is 2.36. The van der Waals surface area contributed by atoms with Crippen LogP contribution in [0.1, 0.15) is 32.3 Å². The topological polar surface area (TPSA) is 69.7 Å². The molecule has 1 unspecified atom stereocenters. The second-order valence-corrected chi connectivity index (χ2v) is 8.10. The number of hydrogen-bond acceptors (Lipinski definition) is 4. The number of rotatable bonds is 4. The molecule has 0 aromatic heterocycles. The number of piperidine rings is 1. The first-order valence-corrected chi connectivity index (χ1v) is 10.4. The van der Waals surface area contributed by atoms with E-state index in [2.05, 4.69) is 12.2 Å². The fourth-order valence-electron chi connectivity index (χ4n) is 4.21. The Morgan fingerprint density at radius 3 is 2.32 bits per heavy atom. The summed E-state index contributed by atoms with van der Waals surface area (Å²) in [5, 5.41) is 2.70. The van der Waals surface area contributed by atoms with Crippen molar-refractivity contribution in [2.45, 2.75) is 26.7 Å². The van der Waals surface area contributed by atoms with Crippen molar-refractivity contribution < 1.29 is 18.8 Å². The number of imide groups is 1. The van der Waals surface area contributed by atoms with Gasteiger partial charge in [0.05, 0.1) is 11.3 Å². The SMILES string of the molecule is CC(=O)Nc1ccc(C2=C(N3CCCC(C)C3)C(=O)N(c3ccc(F)cc3)C2=O)cc1. The largest absolute Gasteiger partial charge is 0.366 e. The van der Waals surface area contributed by atoms with Crippen LogP contribution in [0.5, 0.6) is 0 Å². The minimum atomic E-state index is -0.435. The summed E-state index contributed by atoms with van der Waals surface area (Å²) in [6.07, 6.45) is 2.02. The maximum absolute atomic E-state index is 13.5. The Labute approximate surface area is 180 Å². The lowest BCUT2D eigenvalue weighted by Gasteiger charge is -2.33. The summed E-state index contributed by atoms with van der Waals surface area (Å²) < 4.78 is 13.4. The molecule has 31 heavy (non-hydrogen) atoms. The summed E-state index contributed by atoms with van der Waals surface area (Å²) in [5.74, 6) is -1.05. The summed E-state index contributed by atoms with van der Waals surface area (Å²) in [7, 11) is 0. The van der Waals surface area contributed by atoms with Gasteiger partial charge in [0.1, 0.15) is 11.5 Å². The minimum Gasteiger partial charge on any atom is -0.366 e. The van der Waals surface area contributed by atoms with Gasteiger partial charge < -0.3 is 10.2 Å². The quantitative estimate of drug-likeness (QED) is 0.763. The standard InChI is InChI=1S/C24H24FN3O3/c1-15-4-3-13-27(14-15)22-21(17-5-9-19(10-6-17)26-16(2)29)23(30)28(24(22)31)20-11-7-18(25)8-12-20/h5-12,15H,3-4,13-14H2,1-2H3,(H,26,29). The lowest BCUT2D eigenvalue weighted by molar-refractivity contribution is -0.121. The van der Waals surface area contributed by atoms with Crippen molar-refractivity contribution in [1.82, 2.24) is 4.90 Å². The van der Waals surface area contributed by atoms with Gasteiger partial charge in [-0.05, 0) is 60.7 Å². The Morgan fingerprint density at radius 2 is 1.71 bits per heavy atom. The minimum absolute atomic E-state index is 0.190. The van der Waals surface area contributed by atoms with E-state index in [0.717, 1.165) is 17.7 Å². The molecule has 2 aromatic carbocycles. The number of anilines is 2. The third-order valence-electron chi connectivity index (χ3n) is 5.61. The van der Waals surface area contributed by atoms with E-state index in [0.29, 0.717) is 47.2 Å². The van der Waals surface area contributed by atoms with Gasteiger partial charge in [-0.3, -0.25) is 14.4 Å². The van der Waals surface area contributed by atoms with Crippen LogP contribution >= 0.6 is 0 Å². The van der Waals surface area contributed by atoms with Crippen molar-refractivity contribution in [1.29, 1.82) is 0 Å². The Morgan fingerprint density at radius 1 is 1.03 bits per heavy atom. The van der Waals surface area contributed by atoms with Crippen molar-refractivity contribution >= 4 is 34.7 Å². The van der Waals surface area contributed by atoms with Gasteiger partial charge in [-0.15, -0.1) is 0 Å². The molecule has 6 nitrogen and oxygen atoms in total. The molecule has 0 radical (unpaired) electrons. The molecule has 0 aliphatic carbocycles. The highest BCUT2D eigenvalue weighted by molar-refractivity contribution is 6.45. The fraction of sp³-hybridized carbons (Fsp3) is 0.292. The molecule has 1 saturated heterocycles. The van der Waals surface area contributed by atoms with Gasteiger partial charge in [0.2, 0.25) is 5.91 Å². The van der Waals surface area contributed by atoms with Crippen LogP contribution in [-0.2, 0) is 14.4 Å². The highest BCUT2D eigenvalue weighted by Gasteiger charge is 2.43. The molecule has 0 saturated carbocycles. The summed E-state index contributed by atoms with van der Waals surface area (Å²) in [6.45, 7) is 4.95. The van der Waals surface area contributed by atoms with Crippen LogP contribution in [0.25, 0.3) is 5.57 Å². The molecule has 2 aromatic rings. The van der Waals surface area contributed by atoms with Crippen LogP contribution < -0.4 is 10.2 Å². The first-order valence-electron chi connectivity index (χ1n) is 10.4. The van der Waals surface area contributed by atoms with Crippen LogP contribution in [0, 0.1) is 11.7 Å². The van der Waals surface area contributed by atoms with E-state index < -0.39 is 17.6 Å².